The quantitative estimate of drug-likeness (QED) is 0.763. The summed E-state index contributed by atoms with van der Waals surface area (Å²) in [5.41, 5.74) is -0.733. The van der Waals surface area contributed by atoms with E-state index in [1.165, 1.54) is 11.9 Å². The van der Waals surface area contributed by atoms with Gasteiger partial charge in [-0.1, -0.05) is 12.8 Å². The Bertz CT molecular complexity index is 500. The summed E-state index contributed by atoms with van der Waals surface area (Å²) in [4.78, 5) is 13.5. The molecular formula is C14H15ClF3NO. The smallest absolute Gasteiger partial charge is 0.259 e. The van der Waals surface area contributed by atoms with Crippen molar-refractivity contribution in [2.75, 3.05) is 7.05 Å². The van der Waals surface area contributed by atoms with Crippen molar-refractivity contribution in [1.29, 1.82) is 0 Å². The van der Waals surface area contributed by atoms with Gasteiger partial charge in [0.15, 0.2) is 0 Å². The van der Waals surface area contributed by atoms with Gasteiger partial charge in [-0.2, -0.15) is 0 Å². The molecule has 1 aliphatic rings. The molecule has 0 saturated heterocycles. The molecule has 2 unspecified atom stereocenters. The first kappa shape index (κ1) is 15.2. The monoisotopic (exact) mass is 305 g/mol. The molecule has 2 nitrogen and oxygen atoms in total. The van der Waals surface area contributed by atoms with Gasteiger partial charge >= 0.3 is 0 Å². The summed E-state index contributed by atoms with van der Waals surface area (Å²) in [7, 11) is 1.47. The molecule has 0 spiro atoms. The van der Waals surface area contributed by atoms with E-state index in [2.05, 4.69) is 0 Å². The number of amides is 1. The van der Waals surface area contributed by atoms with E-state index in [9.17, 15) is 18.0 Å². The van der Waals surface area contributed by atoms with Gasteiger partial charge in [-0.15, -0.1) is 11.6 Å². The van der Waals surface area contributed by atoms with Crippen LogP contribution < -0.4 is 0 Å². The first-order valence-electron chi connectivity index (χ1n) is 6.47. The van der Waals surface area contributed by atoms with Crippen LogP contribution in [0.25, 0.3) is 0 Å². The molecule has 2 rings (SSSR count). The van der Waals surface area contributed by atoms with Crippen molar-refractivity contribution in [3.63, 3.8) is 0 Å². The third-order valence-electron chi connectivity index (χ3n) is 3.69. The van der Waals surface area contributed by atoms with Gasteiger partial charge in [0.25, 0.3) is 5.91 Å². The second-order valence-electron chi connectivity index (χ2n) is 5.03. The average Bonchev–Trinajstić information content (AvgIpc) is 2.37. The van der Waals surface area contributed by atoms with Crippen molar-refractivity contribution in [2.24, 2.45) is 0 Å². The molecule has 1 fully saturated rings. The summed E-state index contributed by atoms with van der Waals surface area (Å²) in [6.45, 7) is 0. The number of carbonyl (C=O) groups is 1. The third-order valence-corrected chi connectivity index (χ3v) is 4.19. The number of benzene rings is 1. The first-order chi connectivity index (χ1) is 9.41. The minimum absolute atomic E-state index is 0.232. The van der Waals surface area contributed by atoms with Gasteiger partial charge in [-0.05, 0) is 12.8 Å². The van der Waals surface area contributed by atoms with Crippen LogP contribution in [0.1, 0.15) is 36.0 Å². The maximum atomic E-state index is 13.6. The van der Waals surface area contributed by atoms with Crippen LogP contribution in [0.2, 0.25) is 0 Å². The van der Waals surface area contributed by atoms with E-state index < -0.39 is 28.9 Å². The highest BCUT2D eigenvalue weighted by Gasteiger charge is 2.32. The van der Waals surface area contributed by atoms with Crippen molar-refractivity contribution < 1.29 is 18.0 Å². The Balaban J connectivity index is 2.27. The molecule has 1 aromatic carbocycles. The van der Waals surface area contributed by atoms with E-state index in [-0.39, 0.29) is 11.4 Å². The average molecular weight is 306 g/mol. The molecule has 0 radical (unpaired) electrons. The summed E-state index contributed by atoms with van der Waals surface area (Å²) >= 11 is 6.17. The van der Waals surface area contributed by atoms with Crippen molar-refractivity contribution in [3.05, 3.63) is 35.1 Å². The van der Waals surface area contributed by atoms with Crippen LogP contribution in [-0.2, 0) is 0 Å². The summed E-state index contributed by atoms with van der Waals surface area (Å²) in [6.07, 6.45) is 3.35. The topological polar surface area (TPSA) is 20.3 Å². The predicted molar refractivity (Wildman–Crippen MR) is 70.3 cm³/mol. The highest BCUT2D eigenvalue weighted by atomic mass is 35.5. The Kier molecular flexibility index (Phi) is 4.58. The fraction of sp³-hybridized carbons (Fsp3) is 0.500. The van der Waals surface area contributed by atoms with Crippen LogP contribution >= 0.6 is 11.6 Å². The Labute approximate surface area is 120 Å². The molecule has 1 aliphatic carbocycles. The number of nitrogens with zero attached hydrogens (tertiary/aromatic N) is 1. The molecule has 6 heteroatoms. The molecule has 110 valence electrons. The van der Waals surface area contributed by atoms with E-state index in [1.54, 1.807) is 0 Å². The summed E-state index contributed by atoms with van der Waals surface area (Å²) < 4.78 is 40.1. The van der Waals surface area contributed by atoms with Gasteiger partial charge in [0.2, 0.25) is 0 Å². The van der Waals surface area contributed by atoms with Crippen molar-refractivity contribution in [2.45, 2.75) is 37.1 Å². The predicted octanol–water partition coefficient (Wildman–Crippen LogP) is 3.73. The molecule has 0 bridgehead atoms. The summed E-state index contributed by atoms with van der Waals surface area (Å²) in [5.74, 6) is -4.24. The van der Waals surface area contributed by atoms with Crippen LogP contribution in [-0.4, -0.2) is 29.3 Å². The van der Waals surface area contributed by atoms with Crippen molar-refractivity contribution in [3.8, 4) is 0 Å². The van der Waals surface area contributed by atoms with Gasteiger partial charge in [0.1, 0.15) is 23.0 Å². The fourth-order valence-electron chi connectivity index (χ4n) is 2.58. The molecule has 0 heterocycles. The maximum Gasteiger partial charge on any atom is 0.259 e. The Morgan fingerprint density at radius 3 is 2.30 bits per heavy atom. The van der Waals surface area contributed by atoms with Gasteiger partial charge in [-0.25, -0.2) is 13.2 Å². The normalized spacial score (nSPS) is 22.6. The van der Waals surface area contributed by atoms with E-state index in [1.807, 2.05) is 0 Å². The lowest BCUT2D eigenvalue weighted by atomic mass is 9.93. The Morgan fingerprint density at radius 1 is 1.20 bits per heavy atom. The lowest BCUT2D eigenvalue weighted by molar-refractivity contribution is 0.0690. The SMILES string of the molecule is CN(C(=O)c1c(F)cc(F)cc1F)C1CCCCC1Cl. The minimum Gasteiger partial charge on any atom is -0.337 e. The maximum absolute atomic E-state index is 13.6. The molecule has 2 atom stereocenters. The minimum atomic E-state index is -1.19. The first-order valence-corrected chi connectivity index (χ1v) is 6.91. The molecule has 20 heavy (non-hydrogen) atoms. The molecule has 0 aromatic heterocycles. The van der Waals surface area contributed by atoms with E-state index in [0.29, 0.717) is 18.6 Å². The zero-order valence-corrected chi connectivity index (χ0v) is 11.8. The number of hydrogen-bond donors (Lipinski definition) is 0. The van der Waals surface area contributed by atoms with Gasteiger partial charge in [0, 0.05) is 25.2 Å². The van der Waals surface area contributed by atoms with E-state index in [4.69, 9.17) is 11.6 Å². The zero-order chi connectivity index (χ0) is 14.9. The van der Waals surface area contributed by atoms with Gasteiger partial charge < -0.3 is 4.90 Å². The number of rotatable bonds is 2. The van der Waals surface area contributed by atoms with Gasteiger partial charge in [-0.3, -0.25) is 4.79 Å². The van der Waals surface area contributed by atoms with Crippen LogP contribution in [0, 0.1) is 17.5 Å². The largest absolute Gasteiger partial charge is 0.337 e. The van der Waals surface area contributed by atoms with Crippen molar-refractivity contribution >= 4 is 17.5 Å². The molecular weight excluding hydrogens is 291 g/mol. The summed E-state index contributed by atoms with van der Waals surface area (Å²) in [5, 5.41) is -0.232. The number of hydrogen-bond acceptors (Lipinski definition) is 1. The van der Waals surface area contributed by atoms with E-state index in [0.717, 1.165) is 19.3 Å². The highest BCUT2D eigenvalue weighted by Crippen LogP contribution is 2.28. The fourth-order valence-corrected chi connectivity index (χ4v) is 3.03. The second-order valence-corrected chi connectivity index (χ2v) is 5.59. The number of halogens is 4. The Morgan fingerprint density at radius 2 is 1.75 bits per heavy atom. The number of alkyl halides is 1. The second kappa shape index (κ2) is 6.04. The lowest BCUT2D eigenvalue weighted by Gasteiger charge is -2.35. The van der Waals surface area contributed by atoms with Gasteiger partial charge in [0.05, 0.1) is 5.38 Å². The standard InChI is InChI=1S/C14H15ClF3NO/c1-19(12-5-3-2-4-9(12)15)14(20)13-10(17)6-8(16)7-11(13)18/h6-7,9,12H,2-5H2,1H3. The van der Waals surface area contributed by atoms with Crippen molar-refractivity contribution in [1.82, 2.24) is 4.90 Å². The number of carbonyl (C=O) groups excluding carboxylic acids is 1. The van der Waals surface area contributed by atoms with Crippen LogP contribution in [0.15, 0.2) is 12.1 Å². The molecule has 1 saturated carbocycles. The van der Waals surface area contributed by atoms with Crippen LogP contribution in [0.4, 0.5) is 13.2 Å². The third kappa shape index (κ3) is 2.92. The van der Waals surface area contributed by atoms with Crippen LogP contribution in [0.5, 0.6) is 0 Å². The lowest BCUT2D eigenvalue weighted by Crippen LogP contribution is -2.44. The Hall–Kier alpha value is -1.23. The highest BCUT2D eigenvalue weighted by molar-refractivity contribution is 6.21. The molecule has 0 aliphatic heterocycles. The molecule has 1 amide bonds. The molecule has 1 aromatic rings. The summed E-state index contributed by atoms with van der Waals surface area (Å²) in [6, 6.07) is 0.744. The molecule has 0 N–H and O–H groups in total. The zero-order valence-electron chi connectivity index (χ0n) is 11.0. The van der Waals surface area contributed by atoms with E-state index >= 15 is 0 Å². The van der Waals surface area contributed by atoms with Crippen LogP contribution in [0.3, 0.4) is 0 Å².